The monoisotopic (exact) mass is 514 g/mol. The van der Waals surface area contributed by atoms with Crippen molar-refractivity contribution in [2.45, 2.75) is 31.6 Å². The van der Waals surface area contributed by atoms with E-state index in [4.69, 9.17) is 0 Å². The van der Waals surface area contributed by atoms with Crippen LogP contribution in [0.4, 0.5) is 5.69 Å². The van der Waals surface area contributed by atoms with Gasteiger partial charge < -0.3 is 5.32 Å². The minimum Gasteiger partial charge on any atom is -0.355 e. The lowest BCUT2D eigenvalue weighted by atomic mass is 10.1. The minimum absolute atomic E-state index is 0.151. The van der Waals surface area contributed by atoms with Gasteiger partial charge in [-0.05, 0) is 68.7 Å². The van der Waals surface area contributed by atoms with Gasteiger partial charge in [-0.1, -0.05) is 63.5 Å². The summed E-state index contributed by atoms with van der Waals surface area (Å²) < 4.78 is 28.7. The maximum Gasteiger partial charge on any atom is 0.264 e. The Morgan fingerprint density at radius 1 is 0.938 bits per heavy atom. The number of rotatable bonds is 9. The van der Waals surface area contributed by atoms with Crippen LogP contribution in [-0.4, -0.2) is 27.4 Å². The SMILES string of the molecule is Cc1ccc(S(=O)(=O)N(CC(=O)NCCCc2cccc(C)c2)c2ccc(Br)cc2)cc1. The Morgan fingerprint density at radius 2 is 1.62 bits per heavy atom. The van der Waals surface area contributed by atoms with Gasteiger partial charge >= 0.3 is 0 Å². The highest BCUT2D eigenvalue weighted by atomic mass is 79.9. The van der Waals surface area contributed by atoms with Crippen LogP contribution in [0.3, 0.4) is 0 Å². The van der Waals surface area contributed by atoms with Crippen molar-refractivity contribution in [3.05, 3.63) is 94.0 Å². The molecular formula is C25H27BrN2O3S. The van der Waals surface area contributed by atoms with E-state index < -0.39 is 10.0 Å². The Labute approximate surface area is 198 Å². The molecule has 0 bridgehead atoms. The molecule has 0 spiro atoms. The number of anilines is 1. The van der Waals surface area contributed by atoms with Gasteiger partial charge in [0.05, 0.1) is 10.6 Å². The fraction of sp³-hybridized carbons (Fsp3) is 0.240. The molecule has 168 valence electrons. The van der Waals surface area contributed by atoms with Crippen molar-refractivity contribution < 1.29 is 13.2 Å². The number of carbonyl (C=O) groups is 1. The molecule has 5 nitrogen and oxygen atoms in total. The van der Waals surface area contributed by atoms with Crippen LogP contribution in [0.15, 0.2) is 82.2 Å². The predicted molar refractivity (Wildman–Crippen MR) is 132 cm³/mol. The number of nitrogens with zero attached hydrogens (tertiary/aromatic N) is 1. The fourth-order valence-corrected chi connectivity index (χ4v) is 5.02. The zero-order valence-electron chi connectivity index (χ0n) is 18.2. The molecule has 0 saturated heterocycles. The van der Waals surface area contributed by atoms with Gasteiger partial charge in [-0.25, -0.2) is 8.42 Å². The second-order valence-electron chi connectivity index (χ2n) is 7.74. The number of hydrogen-bond donors (Lipinski definition) is 1. The minimum atomic E-state index is -3.90. The Hall–Kier alpha value is -2.64. The highest BCUT2D eigenvalue weighted by Gasteiger charge is 2.27. The molecule has 0 aromatic heterocycles. The molecule has 3 aromatic carbocycles. The van der Waals surface area contributed by atoms with E-state index >= 15 is 0 Å². The summed E-state index contributed by atoms with van der Waals surface area (Å²) in [6.07, 6.45) is 1.62. The van der Waals surface area contributed by atoms with Gasteiger partial charge in [-0.15, -0.1) is 0 Å². The maximum atomic E-state index is 13.3. The average Bonchev–Trinajstić information content (AvgIpc) is 2.76. The number of benzene rings is 3. The molecule has 32 heavy (non-hydrogen) atoms. The van der Waals surface area contributed by atoms with E-state index in [1.807, 2.05) is 13.0 Å². The predicted octanol–water partition coefficient (Wildman–Crippen LogP) is 5.01. The highest BCUT2D eigenvalue weighted by Crippen LogP contribution is 2.25. The van der Waals surface area contributed by atoms with E-state index in [1.165, 1.54) is 11.1 Å². The third-order valence-electron chi connectivity index (χ3n) is 5.06. The highest BCUT2D eigenvalue weighted by molar-refractivity contribution is 9.10. The molecule has 0 atom stereocenters. The molecule has 1 N–H and O–H groups in total. The van der Waals surface area contributed by atoms with Crippen LogP contribution < -0.4 is 9.62 Å². The van der Waals surface area contributed by atoms with Crippen LogP contribution >= 0.6 is 15.9 Å². The van der Waals surface area contributed by atoms with Crippen LogP contribution in [-0.2, 0) is 21.2 Å². The Kier molecular flexibility index (Phi) is 8.10. The largest absolute Gasteiger partial charge is 0.355 e. The van der Waals surface area contributed by atoms with E-state index in [9.17, 15) is 13.2 Å². The summed E-state index contributed by atoms with van der Waals surface area (Å²) in [6, 6.07) is 21.8. The molecule has 0 fully saturated rings. The first-order chi connectivity index (χ1) is 15.3. The van der Waals surface area contributed by atoms with Gasteiger partial charge in [0.1, 0.15) is 6.54 Å². The molecule has 7 heteroatoms. The molecule has 0 aliphatic heterocycles. The van der Waals surface area contributed by atoms with Crippen LogP contribution in [0.1, 0.15) is 23.1 Å². The normalized spacial score (nSPS) is 11.2. The van der Waals surface area contributed by atoms with Gasteiger partial charge in [-0.2, -0.15) is 0 Å². The second-order valence-corrected chi connectivity index (χ2v) is 10.5. The van der Waals surface area contributed by atoms with Crippen LogP contribution in [0.5, 0.6) is 0 Å². The molecule has 0 heterocycles. The first-order valence-electron chi connectivity index (χ1n) is 10.4. The number of sulfonamides is 1. The van der Waals surface area contributed by atoms with E-state index in [-0.39, 0.29) is 17.3 Å². The first kappa shape index (κ1) is 24.0. The third-order valence-corrected chi connectivity index (χ3v) is 7.37. The zero-order valence-corrected chi connectivity index (χ0v) is 20.6. The lowest BCUT2D eigenvalue weighted by molar-refractivity contribution is -0.119. The van der Waals surface area contributed by atoms with E-state index in [1.54, 1.807) is 48.5 Å². The smallest absolute Gasteiger partial charge is 0.264 e. The van der Waals surface area contributed by atoms with Crippen molar-refractivity contribution in [3.63, 3.8) is 0 Å². The summed E-state index contributed by atoms with van der Waals surface area (Å²) in [5.74, 6) is -0.340. The first-order valence-corrected chi connectivity index (χ1v) is 12.7. The van der Waals surface area contributed by atoms with Crippen LogP contribution in [0, 0.1) is 13.8 Å². The van der Waals surface area contributed by atoms with Crippen LogP contribution in [0.2, 0.25) is 0 Å². The lowest BCUT2D eigenvalue weighted by Gasteiger charge is -2.24. The maximum absolute atomic E-state index is 13.3. The number of hydrogen-bond acceptors (Lipinski definition) is 3. The summed E-state index contributed by atoms with van der Waals surface area (Å²) in [7, 11) is -3.90. The second kappa shape index (κ2) is 10.8. The molecule has 3 rings (SSSR count). The molecule has 0 aliphatic rings. The van der Waals surface area contributed by atoms with Gasteiger partial charge in [0.25, 0.3) is 10.0 Å². The number of carbonyl (C=O) groups excluding carboxylic acids is 1. The lowest BCUT2D eigenvalue weighted by Crippen LogP contribution is -2.41. The number of nitrogens with one attached hydrogen (secondary N) is 1. The summed E-state index contributed by atoms with van der Waals surface area (Å²) in [5, 5.41) is 2.86. The summed E-state index contributed by atoms with van der Waals surface area (Å²) in [6.45, 7) is 4.14. The van der Waals surface area contributed by atoms with Crippen molar-refractivity contribution in [1.82, 2.24) is 5.32 Å². The summed E-state index contributed by atoms with van der Waals surface area (Å²) in [4.78, 5) is 12.8. The average molecular weight is 515 g/mol. The standard InChI is InChI=1S/C25H27BrN2O3S/c1-19-8-14-24(15-9-19)32(30,31)28(23-12-10-22(26)11-13-23)18-25(29)27-16-4-7-21-6-3-5-20(2)17-21/h3,5-6,8-15,17H,4,7,16,18H2,1-2H3,(H,27,29). The molecule has 0 radical (unpaired) electrons. The van der Waals surface area contributed by atoms with Gasteiger partial charge in [0, 0.05) is 11.0 Å². The van der Waals surface area contributed by atoms with Gasteiger partial charge in [0.2, 0.25) is 5.91 Å². The van der Waals surface area contributed by atoms with Gasteiger partial charge in [0.15, 0.2) is 0 Å². The molecule has 1 amide bonds. The van der Waals surface area contributed by atoms with Crippen LogP contribution in [0.25, 0.3) is 0 Å². The Morgan fingerprint density at radius 3 is 2.28 bits per heavy atom. The molecule has 0 aliphatic carbocycles. The molecule has 0 unspecified atom stereocenters. The summed E-state index contributed by atoms with van der Waals surface area (Å²) in [5.41, 5.74) is 3.82. The van der Waals surface area contributed by atoms with Crippen molar-refractivity contribution in [2.75, 3.05) is 17.4 Å². The Balaban J connectivity index is 1.70. The quantitative estimate of drug-likeness (QED) is 0.408. The summed E-state index contributed by atoms with van der Waals surface area (Å²) >= 11 is 3.37. The zero-order chi connectivity index (χ0) is 23.1. The van der Waals surface area contributed by atoms with E-state index in [2.05, 4.69) is 46.4 Å². The van der Waals surface area contributed by atoms with E-state index in [0.29, 0.717) is 12.2 Å². The van der Waals surface area contributed by atoms with Crippen molar-refractivity contribution in [3.8, 4) is 0 Å². The molecule has 0 saturated carbocycles. The van der Waals surface area contributed by atoms with E-state index in [0.717, 1.165) is 27.2 Å². The molecular weight excluding hydrogens is 488 g/mol. The molecule has 3 aromatic rings. The van der Waals surface area contributed by atoms with Gasteiger partial charge in [-0.3, -0.25) is 9.10 Å². The van der Waals surface area contributed by atoms with Crippen molar-refractivity contribution in [1.29, 1.82) is 0 Å². The fourth-order valence-electron chi connectivity index (χ4n) is 3.33. The van der Waals surface area contributed by atoms with Crippen molar-refractivity contribution >= 4 is 37.5 Å². The number of halogens is 1. The number of amides is 1. The Bertz CT molecular complexity index is 1160. The topological polar surface area (TPSA) is 66.5 Å². The number of aryl methyl sites for hydroxylation is 3. The van der Waals surface area contributed by atoms with Crippen molar-refractivity contribution in [2.24, 2.45) is 0 Å². The third kappa shape index (κ3) is 6.43.